The van der Waals surface area contributed by atoms with Crippen LogP contribution in [0.2, 0.25) is 0 Å². The van der Waals surface area contributed by atoms with Gasteiger partial charge >= 0.3 is 6.18 Å². The van der Waals surface area contributed by atoms with Crippen LogP contribution in [0.4, 0.5) is 13.2 Å². The predicted molar refractivity (Wildman–Crippen MR) is 108 cm³/mol. The highest BCUT2D eigenvalue weighted by Gasteiger charge is 2.29. The zero-order chi connectivity index (χ0) is 20.2. The van der Waals surface area contributed by atoms with Crippen molar-refractivity contribution in [3.63, 3.8) is 0 Å². The minimum atomic E-state index is -4.25. The summed E-state index contributed by atoms with van der Waals surface area (Å²) in [5.41, 5.74) is 0.427. The first-order chi connectivity index (χ1) is 13.5. The Kier molecular flexibility index (Phi) is 9.34. The first kappa shape index (κ1) is 22.3. The van der Waals surface area contributed by atoms with Gasteiger partial charge in [0.05, 0.1) is 11.6 Å². The summed E-state index contributed by atoms with van der Waals surface area (Å²) in [7, 11) is 0. The number of alkyl halides is 3. The average molecular weight is 390 g/mol. The number of halogens is 3. The fourth-order valence-corrected chi connectivity index (χ4v) is 4.04. The maximum Gasteiger partial charge on any atom is 0.416 e. The van der Waals surface area contributed by atoms with Gasteiger partial charge < -0.3 is 0 Å². The van der Waals surface area contributed by atoms with E-state index in [0.29, 0.717) is 0 Å². The number of allylic oxidation sites excluding steroid dienone is 4. The molecular formula is C24H30F3N. The minimum absolute atomic E-state index is 0.567. The lowest BCUT2D eigenvalue weighted by Gasteiger charge is -2.28. The van der Waals surface area contributed by atoms with E-state index in [1.165, 1.54) is 56.7 Å². The lowest BCUT2D eigenvalue weighted by atomic mass is 9.78. The van der Waals surface area contributed by atoms with Gasteiger partial charge in [0, 0.05) is 6.08 Å². The Morgan fingerprint density at radius 3 is 2.18 bits per heavy atom. The number of hydrogen-bond donors (Lipinski definition) is 0. The summed E-state index contributed by atoms with van der Waals surface area (Å²) in [4.78, 5) is 0. The third-order valence-corrected chi connectivity index (χ3v) is 5.73. The zero-order valence-electron chi connectivity index (χ0n) is 16.4. The molecule has 0 saturated heterocycles. The summed E-state index contributed by atoms with van der Waals surface area (Å²) >= 11 is 0. The molecule has 4 heteroatoms. The van der Waals surface area contributed by atoms with Crippen molar-refractivity contribution >= 4 is 0 Å². The molecule has 0 aromatic heterocycles. The van der Waals surface area contributed by atoms with Crippen molar-refractivity contribution in [1.82, 2.24) is 0 Å². The first-order valence-electron chi connectivity index (χ1n) is 10.4. The maximum absolute atomic E-state index is 12.6. The Bertz CT molecular complexity index is 657. The highest BCUT2D eigenvalue weighted by Crippen LogP contribution is 2.34. The standard InChI is InChI=1S/C24H30F3N/c25-24(26,27)23-17-15-22(16-18-23)10-6-5-9-21-13-11-20(12-14-21)8-4-2-1-3-7-19-28/h1-3,7,15-18,20-21H,4-6,8-14H2/b2-1+,7-3+/t20-,21-. The van der Waals surface area contributed by atoms with Crippen LogP contribution in [0, 0.1) is 23.2 Å². The van der Waals surface area contributed by atoms with Crippen LogP contribution in [-0.4, -0.2) is 0 Å². The van der Waals surface area contributed by atoms with E-state index in [9.17, 15) is 13.2 Å². The van der Waals surface area contributed by atoms with Crippen molar-refractivity contribution in [3.05, 3.63) is 59.7 Å². The van der Waals surface area contributed by atoms with Gasteiger partial charge in [0.25, 0.3) is 0 Å². The van der Waals surface area contributed by atoms with Gasteiger partial charge in [0.15, 0.2) is 0 Å². The molecule has 0 spiro atoms. The Morgan fingerprint density at radius 2 is 1.57 bits per heavy atom. The average Bonchev–Trinajstić information content (AvgIpc) is 2.69. The number of nitriles is 1. The molecule has 0 amide bonds. The number of aryl methyl sites for hydroxylation is 1. The van der Waals surface area contributed by atoms with E-state index in [-0.39, 0.29) is 0 Å². The van der Waals surface area contributed by atoms with Crippen LogP contribution in [0.15, 0.2) is 48.6 Å². The van der Waals surface area contributed by atoms with E-state index in [2.05, 4.69) is 6.08 Å². The van der Waals surface area contributed by atoms with Crippen molar-refractivity contribution in [3.8, 4) is 6.07 Å². The van der Waals surface area contributed by atoms with Gasteiger partial charge in [0.2, 0.25) is 0 Å². The van der Waals surface area contributed by atoms with Crippen molar-refractivity contribution in [1.29, 1.82) is 5.26 Å². The maximum atomic E-state index is 12.6. The van der Waals surface area contributed by atoms with Crippen LogP contribution in [0.1, 0.15) is 68.9 Å². The number of unbranched alkanes of at least 4 members (excludes halogenated alkanes) is 1. The molecule has 1 fully saturated rings. The van der Waals surface area contributed by atoms with Gasteiger partial charge in [-0.2, -0.15) is 18.4 Å². The topological polar surface area (TPSA) is 23.8 Å². The van der Waals surface area contributed by atoms with Gasteiger partial charge in [-0.25, -0.2) is 0 Å². The van der Waals surface area contributed by atoms with Crippen LogP contribution in [0.5, 0.6) is 0 Å². The molecule has 1 saturated carbocycles. The highest BCUT2D eigenvalue weighted by atomic mass is 19.4. The lowest BCUT2D eigenvalue weighted by molar-refractivity contribution is -0.137. The Labute approximate surface area is 167 Å². The summed E-state index contributed by atoms with van der Waals surface area (Å²) in [5.74, 6) is 1.64. The second-order valence-corrected chi connectivity index (χ2v) is 7.82. The zero-order valence-corrected chi connectivity index (χ0v) is 16.4. The third-order valence-electron chi connectivity index (χ3n) is 5.73. The van der Waals surface area contributed by atoms with Gasteiger partial charge in [-0.3, -0.25) is 0 Å². The summed E-state index contributed by atoms with van der Waals surface area (Å²) in [6.07, 6.45) is 15.0. The molecular weight excluding hydrogens is 359 g/mol. The van der Waals surface area contributed by atoms with E-state index in [1.807, 2.05) is 12.1 Å². The lowest BCUT2D eigenvalue weighted by Crippen LogP contribution is -2.14. The second-order valence-electron chi connectivity index (χ2n) is 7.82. The number of benzene rings is 1. The molecule has 1 nitrogen and oxygen atoms in total. The van der Waals surface area contributed by atoms with Crippen molar-refractivity contribution in [2.45, 2.75) is 70.4 Å². The first-order valence-corrected chi connectivity index (χ1v) is 10.4. The molecule has 1 aliphatic rings. The molecule has 1 aromatic carbocycles. The monoisotopic (exact) mass is 389 g/mol. The molecule has 1 aliphatic carbocycles. The third kappa shape index (κ3) is 8.33. The largest absolute Gasteiger partial charge is 0.416 e. The van der Waals surface area contributed by atoms with E-state index in [4.69, 9.17) is 5.26 Å². The molecule has 1 aromatic rings. The Hall–Kier alpha value is -2.02. The van der Waals surface area contributed by atoms with Crippen LogP contribution in [0.25, 0.3) is 0 Å². The molecule has 152 valence electrons. The van der Waals surface area contributed by atoms with Crippen molar-refractivity contribution in [2.24, 2.45) is 11.8 Å². The molecule has 0 unspecified atom stereocenters. The second kappa shape index (κ2) is 11.7. The van der Waals surface area contributed by atoms with Gasteiger partial charge in [-0.15, -0.1) is 0 Å². The van der Waals surface area contributed by atoms with Crippen LogP contribution in [0.3, 0.4) is 0 Å². The number of rotatable bonds is 9. The van der Waals surface area contributed by atoms with Crippen LogP contribution in [-0.2, 0) is 12.6 Å². The quantitative estimate of drug-likeness (QED) is 0.242. The molecule has 0 bridgehead atoms. The normalized spacial score (nSPS) is 20.6. The fourth-order valence-electron chi connectivity index (χ4n) is 4.04. The molecule has 0 aliphatic heterocycles. The van der Waals surface area contributed by atoms with Crippen molar-refractivity contribution in [2.75, 3.05) is 0 Å². The SMILES string of the molecule is N#C/C=C/C=C/CC[C@H]1CC[C@H](CCCCc2ccc(C(F)(F)F)cc2)CC1. The summed E-state index contributed by atoms with van der Waals surface area (Å²) in [6.45, 7) is 0. The number of hydrogen-bond acceptors (Lipinski definition) is 1. The van der Waals surface area contributed by atoms with Gasteiger partial charge in [-0.1, -0.05) is 68.9 Å². The van der Waals surface area contributed by atoms with Gasteiger partial charge in [0.1, 0.15) is 0 Å². The van der Waals surface area contributed by atoms with E-state index in [0.717, 1.165) is 43.1 Å². The Morgan fingerprint density at radius 1 is 0.929 bits per heavy atom. The molecule has 0 atom stereocenters. The minimum Gasteiger partial charge on any atom is -0.193 e. The molecule has 0 heterocycles. The highest BCUT2D eigenvalue weighted by molar-refractivity contribution is 5.24. The van der Waals surface area contributed by atoms with E-state index >= 15 is 0 Å². The summed E-state index contributed by atoms with van der Waals surface area (Å²) < 4.78 is 37.7. The molecule has 28 heavy (non-hydrogen) atoms. The molecule has 0 N–H and O–H groups in total. The fraction of sp³-hybridized carbons (Fsp3) is 0.542. The number of nitrogens with zero attached hydrogens (tertiary/aromatic N) is 1. The summed E-state index contributed by atoms with van der Waals surface area (Å²) in [5, 5.41) is 8.42. The smallest absolute Gasteiger partial charge is 0.193 e. The van der Waals surface area contributed by atoms with Crippen molar-refractivity contribution < 1.29 is 13.2 Å². The summed E-state index contributed by atoms with van der Waals surface area (Å²) in [6, 6.07) is 7.57. The predicted octanol–water partition coefficient (Wildman–Crippen LogP) is 7.64. The Balaban J connectivity index is 1.56. The van der Waals surface area contributed by atoms with E-state index < -0.39 is 11.7 Å². The molecule has 0 radical (unpaired) electrons. The molecule has 2 rings (SSSR count). The van der Waals surface area contributed by atoms with Crippen LogP contribution < -0.4 is 0 Å². The van der Waals surface area contributed by atoms with Gasteiger partial charge in [-0.05, 0) is 55.2 Å². The van der Waals surface area contributed by atoms with Crippen LogP contribution >= 0.6 is 0 Å². The van der Waals surface area contributed by atoms with E-state index in [1.54, 1.807) is 18.2 Å².